The molecule has 1 aromatic heterocycles. The number of nitrogens with one attached hydrogen (secondary N) is 1. The maximum Gasteiger partial charge on any atom is 0.208 e. The molecular weight excluding hydrogens is 322 g/mol. The van der Waals surface area contributed by atoms with Gasteiger partial charge in [-0.05, 0) is 30.5 Å². The normalized spacial score (nSPS) is 14.9. The number of aryl methyl sites for hydroxylation is 1. The van der Waals surface area contributed by atoms with Crippen molar-refractivity contribution in [3.8, 4) is 11.5 Å². The van der Waals surface area contributed by atoms with Crippen molar-refractivity contribution >= 4 is 11.8 Å². The van der Waals surface area contributed by atoms with Gasteiger partial charge in [0.2, 0.25) is 5.16 Å². The third-order valence-electron chi connectivity index (χ3n) is 4.62. The molecule has 0 atom stereocenters. The highest BCUT2D eigenvalue weighted by molar-refractivity contribution is 7.98. The molecule has 0 aliphatic heterocycles. The second-order valence-corrected chi connectivity index (χ2v) is 7.16. The summed E-state index contributed by atoms with van der Waals surface area (Å²) in [5.41, 5.74) is 1.08. The van der Waals surface area contributed by atoms with Crippen LogP contribution in [-0.4, -0.2) is 29.4 Å². The number of benzene rings is 1. The summed E-state index contributed by atoms with van der Waals surface area (Å²) in [6.07, 6.45) is 7.77. The summed E-state index contributed by atoms with van der Waals surface area (Å²) in [6.45, 7) is 0. The molecule has 1 aromatic carbocycles. The van der Waals surface area contributed by atoms with Crippen LogP contribution in [0, 0.1) is 5.92 Å². The minimum absolute atomic E-state index is 0.750. The first-order chi connectivity index (χ1) is 11.8. The summed E-state index contributed by atoms with van der Waals surface area (Å²) in [7, 11) is 3.36. The Hall–Kier alpha value is -1.69. The molecule has 1 N–H and O–H groups in total. The van der Waals surface area contributed by atoms with Gasteiger partial charge in [-0.3, -0.25) is 5.10 Å². The zero-order valence-corrected chi connectivity index (χ0v) is 15.2. The number of thioether (sulfide) groups is 1. The van der Waals surface area contributed by atoms with Gasteiger partial charge in [-0.2, -0.15) is 0 Å². The molecule has 1 aliphatic rings. The van der Waals surface area contributed by atoms with E-state index >= 15 is 0 Å². The number of H-pyrrole nitrogens is 1. The first-order valence-corrected chi connectivity index (χ1v) is 9.52. The second kappa shape index (κ2) is 8.42. The summed E-state index contributed by atoms with van der Waals surface area (Å²) in [5.74, 6) is 4.33. The fraction of sp³-hybridized carbons (Fsp3) is 0.556. The molecule has 6 heteroatoms. The van der Waals surface area contributed by atoms with Crippen molar-refractivity contribution in [2.24, 2.45) is 5.92 Å². The lowest BCUT2D eigenvalue weighted by molar-refractivity contribution is 0.400. The quantitative estimate of drug-likeness (QED) is 0.724. The van der Waals surface area contributed by atoms with Gasteiger partial charge in [0.15, 0.2) is 0 Å². The predicted octanol–water partition coefficient (Wildman–Crippen LogP) is 4.24. The molecule has 0 unspecified atom stereocenters. The van der Waals surface area contributed by atoms with Crippen LogP contribution in [0.3, 0.4) is 0 Å². The lowest BCUT2D eigenvalue weighted by Crippen LogP contribution is -1.97. The molecule has 0 bridgehead atoms. The van der Waals surface area contributed by atoms with E-state index in [0.717, 1.165) is 46.1 Å². The molecule has 0 spiro atoms. The third kappa shape index (κ3) is 4.44. The predicted molar refractivity (Wildman–Crippen MR) is 95.8 cm³/mol. The standard InChI is InChI=1S/C18H25N3O2S/c1-22-15-8-9-16(23-2)14(11-15)12-24-18-19-17(20-21-18)10-7-13-5-3-4-6-13/h8-9,11,13H,3-7,10,12H2,1-2H3,(H,19,20,21). The lowest BCUT2D eigenvalue weighted by Gasteiger charge is -2.09. The van der Waals surface area contributed by atoms with Crippen molar-refractivity contribution in [1.82, 2.24) is 15.2 Å². The van der Waals surface area contributed by atoms with Crippen LogP contribution in [0.2, 0.25) is 0 Å². The van der Waals surface area contributed by atoms with E-state index in [-0.39, 0.29) is 0 Å². The molecular formula is C18H25N3O2S. The Morgan fingerprint density at radius 2 is 2.04 bits per heavy atom. The molecule has 1 aliphatic carbocycles. The van der Waals surface area contributed by atoms with Gasteiger partial charge in [-0.15, -0.1) is 5.10 Å². The highest BCUT2D eigenvalue weighted by atomic mass is 32.2. The molecule has 1 saturated carbocycles. The van der Waals surface area contributed by atoms with Gasteiger partial charge in [-0.25, -0.2) is 4.98 Å². The Kier molecular flexibility index (Phi) is 6.01. The van der Waals surface area contributed by atoms with Crippen LogP contribution in [0.4, 0.5) is 0 Å². The molecule has 1 fully saturated rings. The lowest BCUT2D eigenvalue weighted by atomic mass is 10.0. The van der Waals surface area contributed by atoms with Gasteiger partial charge in [0.05, 0.1) is 14.2 Å². The molecule has 1 heterocycles. The summed E-state index contributed by atoms with van der Waals surface area (Å²) >= 11 is 1.61. The summed E-state index contributed by atoms with van der Waals surface area (Å²) in [6, 6.07) is 5.83. The van der Waals surface area contributed by atoms with E-state index in [4.69, 9.17) is 9.47 Å². The van der Waals surface area contributed by atoms with Crippen molar-refractivity contribution in [2.45, 2.75) is 49.4 Å². The van der Waals surface area contributed by atoms with E-state index in [1.807, 2.05) is 18.2 Å². The fourth-order valence-electron chi connectivity index (χ4n) is 3.23. The number of nitrogens with zero attached hydrogens (tertiary/aromatic N) is 2. The van der Waals surface area contributed by atoms with Crippen LogP contribution in [0.25, 0.3) is 0 Å². The fourth-order valence-corrected chi connectivity index (χ4v) is 4.03. The first-order valence-electron chi connectivity index (χ1n) is 8.53. The Balaban J connectivity index is 1.55. The number of hydrogen-bond acceptors (Lipinski definition) is 5. The molecule has 3 rings (SSSR count). The van der Waals surface area contributed by atoms with E-state index in [2.05, 4.69) is 15.2 Å². The number of methoxy groups -OCH3 is 2. The topological polar surface area (TPSA) is 60.0 Å². The van der Waals surface area contributed by atoms with Crippen molar-refractivity contribution < 1.29 is 9.47 Å². The third-order valence-corrected chi connectivity index (χ3v) is 5.52. The molecule has 24 heavy (non-hydrogen) atoms. The van der Waals surface area contributed by atoms with E-state index in [1.54, 1.807) is 26.0 Å². The number of aromatic amines is 1. The average Bonchev–Trinajstić information content (AvgIpc) is 3.29. The summed E-state index contributed by atoms with van der Waals surface area (Å²) in [5, 5.41) is 8.20. The Morgan fingerprint density at radius 3 is 2.79 bits per heavy atom. The molecule has 0 saturated heterocycles. The zero-order valence-electron chi connectivity index (χ0n) is 14.4. The van der Waals surface area contributed by atoms with E-state index in [0.29, 0.717) is 0 Å². The maximum atomic E-state index is 5.42. The summed E-state index contributed by atoms with van der Waals surface area (Å²) in [4.78, 5) is 4.61. The van der Waals surface area contributed by atoms with Crippen LogP contribution >= 0.6 is 11.8 Å². The van der Waals surface area contributed by atoms with Crippen LogP contribution in [-0.2, 0) is 12.2 Å². The smallest absolute Gasteiger partial charge is 0.208 e. The largest absolute Gasteiger partial charge is 0.497 e. The first kappa shape index (κ1) is 17.1. The van der Waals surface area contributed by atoms with E-state index in [9.17, 15) is 0 Å². The second-order valence-electron chi connectivity index (χ2n) is 6.22. The van der Waals surface area contributed by atoms with Gasteiger partial charge in [-0.1, -0.05) is 37.4 Å². The van der Waals surface area contributed by atoms with Crippen molar-refractivity contribution in [1.29, 1.82) is 0 Å². The SMILES string of the molecule is COc1ccc(OC)c(CSc2n[nH]c(CCC3CCCC3)n2)c1. The van der Waals surface area contributed by atoms with Crippen molar-refractivity contribution in [2.75, 3.05) is 14.2 Å². The Labute approximate surface area is 147 Å². The number of ether oxygens (including phenoxy) is 2. The van der Waals surface area contributed by atoms with Gasteiger partial charge in [0.1, 0.15) is 17.3 Å². The summed E-state index contributed by atoms with van der Waals surface area (Å²) < 4.78 is 10.7. The van der Waals surface area contributed by atoms with Crippen LogP contribution in [0.15, 0.2) is 23.4 Å². The average molecular weight is 347 g/mol. The number of aromatic nitrogens is 3. The van der Waals surface area contributed by atoms with E-state index < -0.39 is 0 Å². The van der Waals surface area contributed by atoms with Crippen LogP contribution < -0.4 is 9.47 Å². The number of rotatable bonds is 8. The van der Waals surface area contributed by atoms with Crippen molar-refractivity contribution in [3.05, 3.63) is 29.6 Å². The van der Waals surface area contributed by atoms with Gasteiger partial charge in [0, 0.05) is 17.7 Å². The highest BCUT2D eigenvalue weighted by Crippen LogP contribution is 2.30. The van der Waals surface area contributed by atoms with Gasteiger partial charge < -0.3 is 9.47 Å². The van der Waals surface area contributed by atoms with Gasteiger partial charge in [0.25, 0.3) is 0 Å². The molecule has 5 nitrogen and oxygen atoms in total. The Morgan fingerprint density at radius 1 is 1.21 bits per heavy atom. The minimum atomic E-state index is 0.750. The molecule has 2 aromatic rings. The van der Waals surface area contributed by atoms with Crippen LogP contribution in [0.1, 0.15) is 43.5 Å². The van der Waals surface area contributed by atoms with E-state index in [1.165, 1.54) is 32.1 Å². The Bertz CT molecular complexity index is 653. The zero-order chi connectivity index (χ0) is 16.8. The highest BCUT2D eigenvalue weighted by Gasteiger charge is 2.16. The molecule has 0 amide bonds. The van der Waals surface area contributed by atoms with Gasteiger partial charge >= 0.3 is 0 Å². The number of hydrogen-bond donors (Lipinski definition) is 1. The van der Waals surface area contributed by atoms with Crippen molar-refractivity contribution in [3.63, 3.8) is 0 Å². The molecule has 0 radical (unpaired) electrons. The van der Waals surface area contributed by atoms with Crippen LogP contribution in [0.5, 0.6) is 11.5 Å². The molecule has 130 valence electrons. The minimum Gasteiger partial charge on any atom is -0.497 e. The maximum absolute atomic E-state index is 5.42. The monoisotopic (exact) mass is 347 g/mol.